The van der Waals surface area contributed by atoms with Gasteiger partial charge in [0.15, 0.2) is 0 Å². The maximum atomic E-state index is 5.97. The molecular weight excluding hydrogens is 228 g/mol. The SMILES string of the molecule is CN1CCC(CNC2CCOC3(CCOC3)C2)C1. The van der Waals surface area contributed by atoms with Crippen LogP contribution in [0.15, 0.2) is 0 Å². The van der Waals surface area contributed by atoms with Gasteiger partial charge >= 0.3 is 0 Å². The molecule has 0 saturated carbocycles. The largest absolute Gasteiger partial charge is 0.378 e. The van der Waals surface area contributed by atoms with Crippen LogP contribution < -0.4 is 5.32 Å². The highest BCUT2D eigenvalue weighted by Gasteiger charge is 2.40. The van der Waals surface area contributed by atoms with Gasteiger partial charge in [-0.25, -0.2) is 0 Å². The topological polar surface area (TPSA) is 33.7 Å². The van der Waals surface area contributed by atoms with Crippen molar-refractivity contribution in [2.75, 3.05) is 46.5 Å². The van der Waals surface area contributed by atoms with Crippen molar-refractivity contribution in [2.24, 2.45) is 5.92 Å². The standard InChI is InChI=1S/C14H26N2O2/c1-16-5-2-12(10-16)9-15-13-3-6-18-14(8-13)4-7-17-11-14/h12-13,15H,2-11H2,1H3. The van der Waals surface area contributed by atoms with Crippen LogP contribution in [0.4, 0.5) is 0 Å². The van der Waals surface area contributed by atoms with Gasteiger partial charge in [-0.2, -0.15) is 0 Å². The minimum Gasteiger partial charge on any atom is -0.378 e. The number of ether oxygens (including phenoxy) is 2. The molecule has 4 heteroatoms. The molecule has 3 atom stereocenters. The highest BCUT2D eigenvalue weighted by Crippen LogP contribution is 2.32. The Balaban J connectivity index is 1.45. The van der Waals surface area contributed by atoms with Crippen LogP contribution >= 0.6 is 0 Å². The second kappa shape index (κ2) is 5.45. The number of hydrogen-bond acceptors (Lipinski definition) is 4. The molecule has 3 fully saturated rings. The lowest BCUT2D eigenvalue weighted by molar-refractivity contribution is -0.0895. The number of nitrogens with zero attached hydrogens (tertiary/aromatic N) is 1. The van der Waals surface area contributed by atoms with Gasteiger partial charge in [0.25, 0.3) is 0 Å². The van der Waals surface area contributed by atoms with E-state index in [0.29, 0.717) is 6.04 Å². The second-order valence-corrected chi connectivity index (χ2v) is 6.35. The van der Waals surface area contributed by atoms with Crippen molar-refractivity contribution in [2.45, 2.75) is 37.3 Å². The Kier molecular flexibility index (Phi) is 3.89. The predicted molar refractivity (Wildman–Crippen MR) is 70.7 cm³/mol. The molecule has 3 aliphatic rings. The third-order valence-electron chi connectivity index (χ3n) is 4.74. The fourth-order valence-corrected chi connectivity index (χ4v) is 3.59. The van der Waals surface area contributed by atoms with Gasteiger partial charge in [0, 0.05) is 32.2 Å². The summed E-state index contributed by atoms with van der Waals surface area (Å²) in [6.07, 6.45) is 4.72. The summed E-state index contributed by atoms with van der Waals surface area (Å²) in [6, 6.07) is 0.631. The lowest BCUT2D eigenvalue weighted by Gasteiger charge is -2.37. The zero-order chi connectivity index (χ0) is 12.4. The van der Waals surface area contributed by atoms with Gasteiger partial charge in [-0.15, -0.1) is 0 Å². The lowest BCUT2D eigenvalue weighted by atomic mass is 9.89. The van der Waals surface area contributed by atoms with E-state index < -0.39 is 0 Å². The third kappa shape index (κ3) is 2.87. The van der Waals surface area contributed by atoms with E-state index in [1.807, 2.05) is 0 Å². The van der Waals surface area contributed by atoms with E-state index in [9.17, 15) is 0 Å². The molecule has 104 valence electrons. The fraction of sp³-hybridized carbons (Fsp3) is 1.00. The van der Waals surface area contributed by atoms with Crippen molar-refractivity contribution in [3.05, 3.63) is 0 Å². The average Bonchev–Trinajstić information content (AvgIpc) is 2.97. The first-order valence-corrected chi connectivity index (χ1v) is 7.39. The van der Waals surface area contributed by atoms with Crippen LogP contribution in [0.25, 0.3) is 0 Å². The van der Waals surface area contributed by atoms with Gasteiger partial charge in [-0.1, -0.05) is 0 Å². The van der Waals surface area contributed by atoms with E-state index in [4.69, 9.17) is 9.47 Å². The van der Waals surface area contributed by atoms with E-state index in [1.165, 1.54) is 26.1 Å². The minimum atomic E-state index is 0.0440. The summed E-state index contributed by atoms with van der Waals surface area (Å²) in [4.78, 5) is 2.43. The zero-order valence-electron chi connectivity index (χ0n) is 11.5. The van der Waals surface area contributed by atoms with Crippen LogP contribution in [-0.4, -0.2) is 63.0 Å². The minimum absolute atomic E-state index is 0.0440. The summed E-state index contributed by atoms with van der Waals surface area (Å²) in [7, 11) is 2.22. The fourth-order valence-electron chi connectivity index (χ4n) is 3.59. The second-order valence-electron chi connectivity index (χ2n) is 6.35. The van der Waals surface area contributed by atoms with Crippen molar-refractivity contribution in [1.29, 1.82) is 0 Å². The molecule has 0 amide bonds. The number of likely N-dealkylation sites (tertiary alicyclic amines) is 1. The highest BCUT2D eigenvalue weighted by atomic mass is 16.6. The summed E-state index contributed by atoms with van der Waals surface area (Å²) in [6.45, 7) is 6.26. The maximum absolute atomic E-state index is 5.97. The lowest BCUT2D eigenvalue weighted by Crippen LogP contribution is -2.48. The summed E-state index contributed by atoms with van der Waals surface area (Å²) in [5.74, 6) is 0.841. The van der Waals surface area contributed by atoms with Crippen LogP contribution in [0.5, 0.6) is 0 Å². The van der Waals surface area contributed by atoms with Crippen molar-refractivity contribution < 1.29 is 9.47 Å². The Hall–Kier alpha value is -0.160. The van der Waals surface area contributed by atoms with E-state index in [-0.39, 0.29) is 5.60 Å². The molecular formula is C14H26N2O2. The molecule has 1 N–H and O–H groups in total. The van der Waals surface area contributed by atoms with Crippen molar-refractivity contribution >= 4 is 0 Å². The molecule has 0 aromatic rings. The van der Waals surface area contributed by atoms with Crippen LogP contribution in [0.3, 0.4) is 0 Å². The third-order valence-corrected chi connectivity index (χ3v) is 4.74. The monoisotopic (exact) mass is 254 g/mol. The molecule has 0 radical (unpaired) electrons. The molecule has 3 unspecified atom stereocenters. The molecule has 0 aromatic heterocycles. The van der Waals surface area contributed by atoms with Gasteiger partial charge in [-0.3, -0.25) is 0 Å². The van der Waals surface area contributed by atoms with Crippen LogP contribution in [0, 0.1) is 5.92 Å². The summed E-state index contributed by atoms with van der Waals surface area (Å²) in [5.41, 5.74) is 0.0440. The first-order valence-electron chi connectivity index (χ1n) is 7.39. The number of nitrogens with one attached hydrogen (secondary N) is 1. The Bertz CT molecular complexity index is 279. The first-order chi connectivity index (χ1) is 8.76. The number of rotatable bonds is 3. The zero-order valence-corrected chi connectivity index (χ0v) is 11.5. The molecule has 3 heterocycles. The maximum Gasteiger partial charge on any atom is 0.0951 e. The number of hydrogen-bond donors (Lipinski definition) is 1. The van der Waals surface area contributed by atoms with Crippen LogP contribution in [0.1, 0.15) is 25.7 Å². The van der Waals surface area contributed by atoms with Gasteiger partial charge in [0.2, 0.25) is 0 Å². The molecule has 3 aliphatic heterocycles. The van der Waals surface area contributed by atoms with Crippen molar-refractivity contribution in [3.63, 3.8) is 0 Å². The van der Waals surface area contributed by atoms with E-state index in [2.05, 4.69) is 17.3 Å². The van der Waals surface area contributed by atoms with Gasteiger partial charge in [0.1, 0.15) is 0 Å². The molecule has 0 aliphatic carbocycles. The Morgan fingerprint density at radius 3 is 3.00 bits per heavy atom. The Morgan fingerprint density at radius 2 is 2.28 bits per heavy atom. The molecule has 0 aromatic carbocycles. The molecule has 1 spiro atoms. The molecule has 3 saturated heterocycles. The average molecular weight is 254 g/mol. The summed E-state index contributed by atoms with van der Waals surface area (Å²) < 4.78 is 11.5. The smallest absolute Gasteiger partial charge is 0.0951 e. The van der Waals surface area contributed by atoms with Crippen LogP contribution in [-0.2, 0) is 9.47 Å². The summed E-state index contributed by atoms with van der Waals surface area (Å²) in [5, 5.41) is 3.77. The van der Waals surface area contributed by atoms with Gasteiger partial charge in [-0.05, 0) is 45.3 Å². The first kappa shape index (κ1) is 12.9. The molecule has 4 nitrogen and oxygen atoms in total. The summed E-state index contributed by atoms with van der Waals surface area (Å²) >= 11 is 0. The van der Waals surface area contributed by atoms with Gasteiger partial charge < -0.3 is 19.7 Å². The van der Waals surface area contributed by atoms with Crippen molar-refractivity contribution in [3.8, 4) is 0 Å². The Morgan fingerprint density at radius 1 is 1.33 bits per heavy atom. The van der Waals surface area contributed by atoms with Crippen LogP contribution in [0.2, 0.25) is 0 Å². The van der Waals surface area contributed by atoms with E-state index in [0.717, 1.165) is 45.0 Å². The normalized spacial score (nSPS) is 41.8. The van der Waals surface area contributed by atoms with E-state index in [1.54, 1.807) is 0 Å². The highest BCUT2D eigenvalue weighted by molar-refractivity contribution is 4.93. The van der Waals surface area contributed by atoms with Gasteiger partial charge in [0.05, 0.1) is 12.2 Å². The molecule has 3 rings (SSSR count). The molecule has 18 heavy (non-hydrogen) atoms. The molecule has 0 bridgehead atoms. The quantitative estimate of drug-likeness (QED) is 0.810. The Labute approximate surface area is 110 Å². The predicted octanol–water partition coefficient (Wildman–Crippen LogP) is 0.866. The van der Waals surface area contributed by atoms with Crippen molar-refractivity contribution in [1.82, 2.24) is 10.2 Å². The van der Waals surface area contributed by atoms with E-state index >= 15 is 0 Å².